The minimum atomic E-state index is 0.514. The lowest BCUT2D eigenvalue weighted by Gasteiger charge is -2.33. The summed E-state index contributed by atoms with van der Waals surface area (Å²) < 4.78 is 5.47. The van der Waals surface area contributed by atoms with Gasteiger partial charge in [-0.1, -0.05) is 19.3 Å². The first-order chi connectivity index (χ1) is 7.38. The van der Waals surface area contributed by atoms with Gasteiger partial charge < -0.3 is 10.1 Å². The molecule has 0 spiro atoms. The molecule has 0 saturated heterocycles. The van der Waals surface area contributed by atoms with Crippen LogP contribution in [-0.2, 0) is 4.74 Å². The molecule has 0 aromatic carbocycles. The smallest absolute Gasteiger partial charge is 0.0586 e. The highest BCUT2D eigenvalue weighted by molar-refractivity contribution is 4.82. The van der Waals surface area contributed by atoms with Crippen LogP contribution in [0.3, 0.4) is 0 Å². The predicted molar refractivity (Wildman–Crippen MR) is 63.1 cm³/mol. The lowest BCUT2D eigenvalue weighted by atomic mass is 9.89. The molecule has 88 valence electrons. The van der Waals surface area contributed by atoms with E-state index in [4.69, 9.17) is 4.74 Å². The van der Waals surface area contributed by atoms with Crippen LogP contribution in [0.1, 0.15) is 57.8 Å². The summed E-state index contributed by atoms with van der Waals surface area (Å²) in [6.45, 7) is 0. The standard InChI is InChI=1S/C13H25NO/c1-15-13-9-5-8-12(10-13)14-11-6-3-2-4-7-11/h11-14H,2-10H2,1H3. The Morgan fingerprint density at radius 2 is 1.60 bits per heavy atom. The Bertz CT molecular complexity index is 177. The first-order valence-corrected chi connectivity index (χ1v) is 6.67. The van der Waals surface area contributed by atoms with Crippen molar-refractivity contribution < 1.29 is 4.74 Å². The van der Waals surface area contributed by atoms with Gasteiger partial charge in [-0.2, -0.15) is 0 Å². The summed E-state index contributed by atoms with van der Waals surface area (Å²) in [5.41, 5.74) is 0. The molecular formula is C13H25NO. The number of ether oxygens (including phenoxy) is 1. The van der Waals surface area contributed by atoms with E-state index in [0.29, 0.717) is 6.10 Å². The van der Waals surface area contributed by atoms with Gasteiger partial charge in [0.25, 0.3) is 0 Å². The van der Waals surface area contributed by atoms with Crippen LogP contribution in [0.2, 0.25) is 0 Å². The van der Waals surface area contributed by atoms with Crippen molar-refractivity contribution in [3.8, 4) is 0 Å². The molecule has 0 bridgehead atoms. The van der Waals surface area contributed by atoms with Gasteiger partial charge in [0.1, 0.15) is 0 Å². The molecule has 0 heterocycles. The molecule has 0 aromatic heterocycles. The van der Waals surface area contributed by atoms with E-state index < -0.39 is 0 Å². The number of hydrogen-bond donors (Lipinski definition) is 1. The van der Waals surface area contributed by atoms with Gasteiger partial charge in [0.15, 0.2) is 0 Å². The molecule has 2 fully saturated rings. The Hall–Kier alpha value is -0.0800. The molecule has 2 saturated carbocycles. The Balaban J connectivity index is 1.72. The fourth-order valence-electron chi connectivity index (χ4n) is 3.11. The van der Waals surface area contributed by atoms with Gasteiger partial charge in [0, 0.05) is 19.2 Å². The summed E-state index contributed by atoms with van der Waals surface area (Å²) in [5, 5.41) is 3.84. The molecule has 2 rings (SSSR count). The quantitative estimate of drug-likeness (QED) is 0.775. The van der Waals surface area contributed by atoms with Gasteiger partial charge in [0.05, 0.1) is 6.10 Å². The minimum absolute atomic E-state index is 0.514. The summed E-state index contributed by atoms with van der Waals surface area (Å²) in [6, 6.07) is 1.53. The zero-order valence-corrected chi connectivity index (χ0v) is 10.0. The second-order valence-electron chi connectivity index (χ2n) is 5.22. The van der Waals surface area contributed by atoms with Crippen LogP contribution in [0.4, 0.5) is 0 Å². The van der Waals surface area contributed by atoms with Crippen molar-refractivity contribution in [3.05, 3.63) is 0 Å². The van der Waals surface area contributed by atoms with Crippen molar-refractivity contribution >= 4 is 0 Å². The van der Waals surface area contributed by atoms with E-state index >= 15 is 0 Å². The van der Waals surface area contributed by atoms with Gasteiger partial charge in [0.2, 0.25) is 0 Å². The van der Waals surface area contributed by atoms with Crippen LogP contribution >= 0.6 is 0 Å². The zero-order chi connectivity index (χ0) is 10.5. The van der Waals surface area contributed by atoms with Crippen molar-refractivity contribution in [1.29, 1.82) is 0 Å². The number of hydrogen-bond acceptors (Lipinski definition) is 2. The summed E-state index contributed by atoms with van der Waals surface area (Å²) in [4.78, 5) is 0. The molecule has 2 atom stereocenters. The van der Waals surface area contributed by atoms with Crippen LogP contribution in [0, 0.1) is 0 Å². The van der Waals surface area contributed by atoms with E-state index in [-0.39, 0.29) is 0 Å². The molecule has 2 heteroatoms. The van der Waals surface area contributed by atoms with Crippen LogP contribution in [0.5, 0.6) is 0 Å². The molecule has 2 aliphatic carbocycles. The SMILES string of the molecule is COC1CCCC(NC2CCCCC2)C1. The Morgan fingerprint density at radius 1 is 0.867 bits per heavy atom. The van der Waals surface area contributed by atoms with Gasteiger partial charge >= 0.3 is 0 Å². The van der Waals surface area contributed by atoms with E-state index in [9.17, 15) is 0 Å². The van der Waals surface area contributed by atoms with E-state index in [1.165, 1.54) is 57.8 Å². The van der Waals surface area contributed by atoms with Gasteiger partial charge in [-0.3, -0.25) is 0 Å². The van der Waals surface area contributed by atoms with Crippen LogP contribution in [0.25, 0.3) is 0 Å². The molecule has 0 aromatic rings. The van der Waals surface area contributed by atoms with Gasteiger partial charge in [-0.15, -0.1) is 0 Å². The molecule has 2 nitrogen and oxygen atoms in total. The summed E-state index contributed by atoms with van der Waals surface area (Å²) in [5.74, 6) is 0. The molecular weight excluding hydrogens is 186 g/mol. The second-order valence-corrected chi connectivity index (χ2v) is 5.22. The molecule has 2 unspecified atom stereocenters. The molecule has 0 radical (unpaired) electrons. The van der Waals surface area contributed by atoms with E-state index in [1.807, 2.05) is 7.11 Å². The lowest BCUT2D eigenvalue weighted by Crippen LogP contribution is -2.43. The van der Waals surface area contributed by atoms with Crippen molar-refractivity contribution in [2.24, 2.45) is 0 Å². The third-order valence-electron chi connectivity index (χ3n) is 4.04. The molecule has 0 amide bonds. The third-order valence-corrected chi connectivity index (χ3v) is 4.04. The third kappa shape index (κ3) is 3.46. The largest absolute Gasteiger partial charge is 0.381 e. The molecule has 1 N–H and O–H groups in total. The van der Waals surface area contributed by atoms with E-state index in [1.54, 1.807) is 0 Å². The molecule has 0 aliphatic heterocycles. The predicted octanol–water partition coefficient (Wildman–Crippen LogP) is 2.87. The summed E-state index contributed by atoms with van der Waals surface area (Å²) >= 11 is 0. The first kappa shape index (κ1) is 11.4. The molecule has 15 heavy (non-hydrogen) atoms. The number of rotatable bonds is 3. The van der Waals surface area contributed by atoms with Crippen molar-refractivity contribution in [3.63, 3.8) is 0 Å². The van der Waals surface area contributed by atoms with Gasteiger partial charge in [-0.25, -0.2) is 0 Å². The van der Waals surface area contributed by atoms with Crippen molar-refractivity contribution in [2.45, 2.75) is 76.0 Å². The van der Waals surface area contributed by atoms with E-state index in [0.717, 1.165) is 12.1 Å². The van der Waals surface area contributed by atoms with Crippen molar-refractivity contribution in [1.82, 2.24) is 5.32 Å². The maximum atomic E-state index is 5.47. The fraction of sp³-hybridized carbons (Fsp3) is 1.00. The first-order valence-electron chi connectivity index (χ1n) is 6.67. The fourth-order valence-corrected chi connectivity index (χ4v) is 3.11. The van der Waals surface area contributed by atoms with E-state index in [2.05, 4.69) is 5.32 Å². The maximum absolute atomic E-state index is 5.47. The topological polar surface area (TPSA) is 21.3 Å². The zero-order valence-electron chi connectivity index (χ0n) is 10.0. The monoisotopic (exact) mass is 211 g/mol. The minimum Gasteiger partial charge on any atom is -0.381 e. The number of nitrogens with one attached hydrogen (secondary N) is 1. The Kier molecular flexibility index (Phi) is 4.45. The average molecular weight is 211 g/mol. The highest BCUT2D eigenvalue weighted by Gasteiger charge is 2.24. The van der Waals surface area contributed by atoms with Crippen molar-refractivity contribution in [2.75, 3.05) is 7.11 Å². The normalized spacial score (nSPS) is 34.2. The lowest BCUT2D eigenvalue weighted by molar-refractivity contribution is 0.0559. The van der Waals surface area contributed by atoms with Crippen LogP contribution in [-0.4, -0.2) is 25.3 Å². The number of methoxy groups -OCH3 is 1. The van der Waals surface area contributed by atoms with Gasteiger partial charge in [-0.05, 0) is 38.5 Å². The second kappa shape index (κ2) is 5.86. The molecule has 2 aliphatic rings. The average Bonchev–Trinajstić information content (AvgIpc) is 2.31. The van der Waals surface area contributed by atoms with Crippen LogP contribution in [0.15, 0.2) is 0 Å². The Morgan fingerprint density at radius 3 is 2.33 bits per heavy atom. The maximum Gasteiger partial charge on any atom is 0.0586 e. The summed E-state index contributed by atoms with van der Waals surface area (Å²) in [7, 11) is 1.85. The Labute approximate surface area is 93.8 Å². The highest BCUT2D eigenvalue weighted by Crippen LogP contribution is 2.24. The summed E-state index contributed by atoms with van der Waals surface area (Å²) in [6.07, 6.45) is 12.8. The highest BCUT2D eigenvalue weighted by atomic mass is 16.5. The van der Waals surface area contributed by atoms with Crippen LogP contribution < -0.4 is 5.32 Å².